The Morgan fingerprint density at radius 1 is 1.22 bits per heavy atom. The number of carbonyl (C=O) groups excluding carboxylic acids is 1. The molecule has 0 spiro atoms. The molecule has 3 rings (SSSR count). The van der Waals surface area contributed by atoms with Crippen molar-refractivity contribution in [3.05, 3.63) is 64.8 Å². The Labute approximate surface area is 156 Å². The lowest BCUT2D eigenvalue weighted by atomic mass is 10.2. The highest BCUT2D eigenvalue weighted by atomic mass is 35.5. The normalized spacial score (nSPS) is 11.4. The van der Waals surface area contributed by atoms with Gasteiger partial charge in [0.15, 0.2) is 0 Å². The highest BCUT2D eigenvalue weighted by molar-refractivity contribution is 6.30. The first kappa shape index (κ1) is 18.8. The largest absolute Gasteiger partial charge is 0.416 e. The Morgan fingerprint density at radius 2 is 2.04 bits per heavy atom. The molecule has 3 aromatic rings. The topological polar surface area (TPSA) is 80.9 Å². The second kappa shape index (κ2) is 7.75. The molecule has 0 bridgehead atoms. The van der Waals surface area contributed by atoms with Crippen molar-refractivity contribution in [2.45, 2.75) is 12.6 Å². The lowest BCUT2D eigenvalue weighted by Gasteiger charge is -2.08. The second-order valence-electron chi connectivity index (χ2n) is 5.46. The van der Waals surface area contributed by atoms with Crippen LogP contribution in [0, 0.1) is 0 Å². The van der Waals surface area contributed by atoms with Crippen LogP contribution < -0.4 is 5.32 Å². The number of pyridine rings is 1. The molecule has 1 N–H and O–H groups in total. The predicted octanol–water partition coefficient (Wildman–Crippen LogP) is 3.78. The van der Waals surface area contributed by atoms with Crippen LogP contribution in [0.25, 0.3) is 11.4 Å². The molecule has 0 fully saturated rings. The van der Waals surface area contributed by atoms with E-state index in [1.807, 2.05) is 0 Å². The minimum absolute atomic E-state index is 0.0912. The van der Waals surface area contributed by atoms with Crippen molar-refractivity contribution in [2.24, 2.45) is 0 Å². The van der Waals surface area contributed by atoms with Gasteiger partial charge in [0.25, 0.3) is 5.91 Å². The lowest BCUT2D eigenvalue weighted by molar-refractivity contribution is -0.137. The summed E-state index contributed by atoms with van der Waals surface area (Å²) in [4.78, 5) is 19.8. The van der Waals surface area contributed by atoms with Crippen molar-refractivity contribution >= 4 is 17.5 Å². The molecule has 1 aromatic carbocycles. The minimum Gasteiger partial charge on any atom is -0.350 e. The minimum atomic E-state index is -4.54. The molecule has 2 aromatic heterocycles. The molecular formula is C17H12ClF3N4O2. The average molecular weight is 397 g/mol. The smallest absolute Gasteiger partial charge is 0.350 e. The van der Waals surface area contributed by atoms with Crippen LogP contribution >= 0.6 is 11.6 Å². The first-order valence-electron chi connectivity index (χ1n) is 7.73. The number of hydrogen-bond donors (Lipinski definition) is 1. The maximum atomic E-state index is 12.7. The summed E-state index contributed by atoms with van der Waals surface area (Å²) in [5, 5.41) is 6.82. The molecule has 27 heavy (non-hydrogen) atoms. The van der Waals surface area contributed by atoms with Crippen molar-refractivity contribution in [3.63, 3.8) is 0 Å². The van der Waals surface area contributed by atoms with E-state index in [2.05, 4.69) is 20.4 Å². The Morgan fingerprint density at radius 3 is 2.78 bits per heavy atom. The molecular weight excluding hydrogens is 385 g/mol. The summed E-state index contributed by atoms with van der Waals surface area (Å²) in [6, 6.07) is 8.39. The molecule has 0 saturated heterocycles. The summed E-state index contributed by atoms with van der Waals surface area (Å²) < 4.78 is 43.1. The SMILES string of the molecule is O=C(NCCc1nc(-c2cccc(Cl)c2)no1)c1cc(C(F)(F)F)ccn1. The molecule has 2 heterocycles. The van der Waals surface area contributed by atoms with Gasteiger partial charge in [-0.05, 0) is 24.3 Å². The summed E-state index contributed by atoms with van der Waals surface area (Å²) >= 11 is 5.91. The van der Waals surface area contributed by atoms with E-state index in [0.717, 1.165) is 12.3 Å². The number of hydrogen-bond acceptors (Lipinski definition) is 5. The molecule has 0 aliphatic rings. The van der Waals surface area contributed by atoms with Gasteiger partial charge in [-0.3, -0.25) is 9.78 Å². The molecule has 0 aliphatic carbocycles. The molecule has 6 nitrogen and oxygen atoms in total. The number of nitrogens with zero attached hydrogens (tertiary/aromatic N) is 3. The van der Waals surface area contributed by atoms with Gasteiger partial charge < -0.3 is 9.84 Å². The zero-order valence-electron chi connectivity index (χ0n) is 13.6. The van der Waals surface area contributed by atoms with E-state index in [-0.39, 0.29) is 24.6 Å². The van der Waals surface area contributed by atoms with Gasteiger partial charge in [-0.2, -0.15) is 18.2 Å². The van der Waals surface area contributed by atoms with Crippen LogP contribution in [0.15, 0.2) is 47.1 Å². The van der Waals surface area contributed by atoms with E-state index in [9.17, 15) is 18.0 Å². The van der Waals surface area contributed by atoms with Crippen LogP contribution in [0.1, 0.15) is 21.9 Å². The van der Waals surface area contributed by atoms with Gasteiger partial charge in [0.1, 0.15) is 5.69 Å². The van der Waals surface area contributed by atoms with Crippen LogP contribution in [-0.4, -0.2) is 27.6 Å². The van der Waals surface area contributed by atoms with Crippen LogP contribution in [0.2, 0.25) is 5.02 Å². The molecule has 0 radical (unpaired) electrons. The number of amides is 1. The Balaban J connectivity index is 1.58. The predicted molar refractivity (Wildman–Crippen MR) is 90.0 cm³/mol. The first-order chi connectivity index (χ1) is 12.8. The van der Waals surface area contributed by atoms with E-state index in [1.165, 1.54) is 0 Å². The second-order valence-corrected chi connectivity index (χ2v) is 5.89. The fraction of sp³-hybridized carbons (Fsp3) is 0.176. The first-order valence-corrected chi connectivity index (χ1v) is 8.11. The van der Waals surface area contributed by atoms with E-state index in [4.69, 9.17) is 16.1 Å². The Kier molecular flexibility index (Phi) is 5.41. The number of benzene rings is 1. The van der Waals surface area contributed by atoms with Crippen LogP contribution in [0.4, 0.5) is 13.2 Å². The van der Waals surface area contributed by atoms with Crippen molar-refractivity contribution < 1.29 is 22.5 Å². The zero-order valence-corrected chi connectivity index (χ0v) is 14.4. The molecule has 0 aliphatic heterocycles. The van der Waals surface area contributed by atoms with E-state index in [0.29, 0.717) is 22.5 Å². The molecule has 0 atom stereocenters. The standard InChI is InChI=1S/C17H12ClF3N4O2/c18-12-3-1-2-10(8-12)15-24-14(27-25-15)5-7-23-16(26)13-9-11(4-6-22-13)17(19,20)21/h1-4,6,8-9H,5,7H2,(H,23,26). The summed E-state index contributed by atoms with van der Waals surface area (Å²) in [5.74, 6) is -0.115. The lowest BCUT2D eigenvalue weighted by Crippen LogP contribution is -2.27. The van der Waals surface area contributed by atoms with Crippen LogP contribution in [0.5, 0.6) is 0 Å². The van der Waals surface area contributed by atoms with Crippen molar-refractivity contribution in [2.75, 3.05) is 6.54 Å². The van der Waals surface area contributed by atoms with Gasteiger partial charge in [-0.1, -0.05) is 28.9 Å². The number of alkyl halides is 3. The third kappa shape index (κ3) is 4.82. The monoisotopic (exact) mass is 396 g/mol. The number of rotatable bonds is 5. The van der Waals surface area contributed by atoms with E-state index >= 15 is 0 Å². The summed E-state index contributed by atoms with van der Waals surface area (Å²) in [5.41, 5.74) is -0.588. The molecule has 1 amide bonds. The van der Waals surface area contributed by atoms with Crippen LogP contribution in [0.3, 0.4) is 0 Å². The van der Waals surface area contributed by atoms with Gasteiger partial charge in [0.05, 0.1) is 5.56 Å². The summed E-state index contributed by atoms with van der Waals surface area (Å²) in [6.07, 6.45) is -3.40. The third-order valence-corrected chi connectivity index (χ3v) is 3.73. The van der Waals surface area contributed by atoms with Gasteiger partial charge in [-0.25, -0.2) is 0 Å². The molecule has 140 valence electrons. The van der Waals surface area contributed by atoms with Crippen molar-refractivity contribution in [1.29, 1.82) is 0 Å². The Hall–Kier alpha value is -2.94. The fourth-order valence-corrected chi connectivity index (χ4v) is 2.40. The highest BCUT2D eigenvalue weighted by Crippen LogP contribution is 2.29. The third-order valence-electron chi connectivity index (χ3n) is 3.50. The number of nitrogens with one attached hydrogen (secondary N) is 1. The fourth-order valence-electron chi connectivity index (χ4n) is 2.21. The molecule has 0 saturated carbocycles. The average Bonchev–Trinajstić information content (AvgIpc) is 3.10. The maximum Gasteiger partial charge on any atom is 0.416 e. The van der Waals surface area contributed by atoms with Gasteiger partial charge in [0, 0.05) is 29.7 Å². The summed E-state index contributed by atoms with van der Waals surface area (Å²) in [7, 11) is 0. The van der Waals surface area contributed by atoms with Gasteiger partial charge in [-0.15, -0.1) is 0 Å². The zero-order chi connectivity index (χ0) is 19.4. The van der Waals surface area contributed by atoms with Crippen molar-refractivity contribution in [1.82, 2.24) is 20.4 Å². The van der Waals surface area contributed by atoms with Crippen LogP contribution in [-0.2, 0) is 12.6 Å². The molecule has 0 unspecified atom stereocenters. The number of aromatic nitrogens is 3. The van der Waals surface area contributed by atoms with Gasteiger partial charge >= 0.3 is 6.18 Å². The quantitative estimate of drug-likeness (QED) is 0.710. The van der Waals surface area contributed by atoms with E-state index < -0.39 is 17.6 Å². The number of halogens is 4. The van der Waals surface area contributed by atoms with Gasteiger partial charge in [0.2, 0.25) is 11.7 Å². The summed E-state index contributed by atoms with van der Waals surface area (Å²) in [6.45, 7) is 0.0912. The maximum absolute atomic E-state index is 12.7. The van der Waals surface area contributed by atoms with Crippen molar-refractivity contribution in [3.8, 4) is 11.4 Å². The molecule has 10 heteroatoms. The highest BCUT2D eigenvalue weighted by Gasteiger charge is 2.31. The van der Waals surface area contributed by atoms with E-state index in [1.54, 1.807) is 24.3 Å². The Bertz CT molecular complexity index is 959. The number of carbonyl (C=O) groups is 1.